The van der Waals surface area contributed by atoms with Gasteiger partial charge in [0.15, 0.2) is 0 Å². The third-order valence-corrected chi connectivity index (χ3v) is 5.54. The van der Waals surface area contributed by atoms with Gasteiger partial charge >= 0.3 is 6.61 Å². The van der Waals surface area contributed by atoms with Crippen molar-refractivity contribution in [2.24, 2.45) is 0 Å². The van der Waals surface area contributed by atoms with Crippen molar-refractivity contribution in [3.63, 3.8) is 0 Å². The Labute approximate surface area is 157 Å². The van der Waals surface area contributed by atoms with Crippen molar-refractivity contribution in [2.75, 3.05) is 7.05 Å². The van der Waals surface area contributed by atoms with Crippen molar-refractivity contribution in [1.82, 2.24) is 9.88 Å². The molecule has 2 aromatic heterocycles. The van der Waals surface area contributed by atoms with E-state index >= 15 is 0 Å². The van der Waals surface area contributed by atoms with E-state index in [9.17, 15) is 13.6 Å². The van der Waals surface area contributed by atoms with E-state index in [1.165, 1.54) is 23.5 Å². The van der Waals surface area contributed by atoms with Crippen LogP contribution in [-0.2, 0) is 17.8 Å². The summed E-state index contributed by atoms with van der Waals surface area (Å²) in [5, 5.41) is 4.81. The highest BCUT2D eigenvalue weighted by atomic mass is 32.1. The molecule has 0 N–H and O–H groups in total. The number of carbonyl (C=O) groups excluding carboxylic acids is 1. The fourth-order valence-electron chi connectivity index (χ4n) is 2.33. The van der Waals surface area contributed by atoms with E-state index in [2.05, 4.69) is 9.72 Å². The molecule has 26 heavy (non-hydrogen) atoms. The summed E-state index contributed by atoms with van der Waals surface area (Å²) >= 11 is 3.14. The van der Waals surface area contributed by atoms with E-state index in [0.29, 0.717) is 6.54 Å². The van der Waals surface area contributed by atoms with Crippen molar-refractivity contribution in [2.45, 2.75) is 19.6 Å². The number of thiophene rings is 1. The van der Waals surface area contributed by atoms with Crippen molar-refractivity contribution < 1.29 is 18.3 Å². The maximum absolute atomic E-state index is 12.4. The van der Waals surface area contributed by atoms with Gasteiger partial charge in [-0.1, -0.05) is 18.2 Å². The molecule has 0 aliphatic carbocycles. The molecule has 0 bridgehead atoms. The number of benzene rings is 1. The second-order valence-electron chi connectivity index (χ2n) is 5.57. The lowest BCUT2D eigenvalue weighted by Gasteiger charge is -2.17. The van der Waals surface area contributed by atoms with Crippen LogP contribution in [0.5, 0.6) is 5.75 Å². The van der Waals surface area contributed by atoms with Gasteiger partial charge in [0.1, 0.15) is 10.8 Å². The van der Waals surface area contributed by atoms with Gasteiger partial charge in [0.2, 0.25) is 5.91 Å². The molecule has 3 aromatic rings. The smallest absolute Gasteiger partial charge is 0.387 e. The van der Waals surface area contributed by atoms with Crippen LogP contribution in [0.4, 0.5) is 8.78 Å². The first-order valence-electron chi connectivity index (χ1n) is 7.77. The minimum atomic E-state index is -2.85. The number of nitrogens with zero attached hydrogens (tertiary/aromatic N) is 2. The highest BCUT2D eigenvalue weighted by Crippen LogP contribution is 2.28. The summed E-state index contributed by atoms with van der Waals surface area (Å²) in [4.78, 5) is 19.6. The van der Waals surface area contributed by atoms with Crippen LogP contribution in [0.1, 0.15) is 11.3 Å². The van der Waals surface area contributed by atoms with Gasteiger partial charge in [0.25, 0.3) is 0 Å². The van der Waals surface area contributed by atoms with Crippen molar-refractivity contribution in [3.05, 3.63) is 58.4 Å². The minimum absolute atomic E-state index is 0.0547. The second kappa shape index (κ2) is 8.37. The highest BCUT2D eigenvalue weighted by Gasteiger charge is 2.14. The molecular weight excluding hydrogens is 378 g/mol. The average molecular weight is 394 g/mol. The molecule has 0 atom stereocenters. The zero-order valence-corrected chi connectivity index (χ0v) is 15.5. The Hall–Kier alpha value is -2.32. The molecule has 1 aromatic carbocycles. The molecular formula is C18H16F2N2O2S2. The van der Waals surface area contributed by atoms with Gasteiger partial charge in [-0.25, -0.2) is 4.98 Å². The number of alkyl halides is 2. The standard InChI is InChI=1S/C18H16F2N2O2S2/c1-22(10-12-4-6-14(7-5-12)24-18(19)20)16(23)9-13-11-26-17(21-13)15-3-2-8-25-15/h2-8,11,18H,9-10H2,1H3. The third kappa shape index (κ3) is 4.86. The maximum atomic E-state index is 12.4. The topological polar surface area (TPSA) is 42.4 Å². The Morgan fingerprint density at radius 3 is 2.65 bits per heavy atom. The number of rotatable bonds is 7. The fraction of sp³-hybridized carbons (Fsp3) is 0.222. The quantitative estimate of drug-likeness (QED) is 0.585. The zero-order chi connectivity index (χ0) is 18.5. The first-order valence-corrected chi connectivity index (χ1v) is 9.53. The van der Waals surface area contributed by atoms with Crippen LogP contribution in [-0.4, -0.2) is 29.5 Å². The number of hydrogen-bond donors (Lipinski definition) is 0. The molecule has 0 spiro atoms. The average Bonchev–Trinajstić information content (AvgIpc) is 3.27. The van der Waals surface area contributed by atoms with Gasteiger partial charge < -0.3 is 9.64 Å². The summed E-state index contributed by atoms with van der Waals surface area (Å²) in [7, 11) is 1.71. The summed E-state index contributed by atoms with van der Waals surface area (Å²) in [6.07, 6.45) is 0.227. The van der Waals surface area contributed by atoms with Crippen molar-refractivity contribution in [3.8, 4) is 15.6 Å². The Balaban J connectivity index is 1.56. The van der Waals surface area contributed by atoms with Crippen molar-refractivity contribution in [1.29, 1.82) is 0 Å². The molecule has 0 radical (unpaired) electrons. The Kier molecular flexibility index (Phi) is 5.95. The SMILES string of the molecule is CN(Cc1ccc(OC(F)F)cc1)C(=O)Cc1csc(-c2cccs2)n1. The summed E-state index contributed by atoms with van der Waals surface area (Å²) in [6, 6.07) is 10.2. The maximum Gasteiger partial charge on any atom is 0.387 e. The van der Waals surface area contributed by atoms with E-state index in [-0.39, 0.29) is 18.1 Å². The summed E-state index contributed by atoms with van der Waals surface area (Å²) in [5.74, 6) is 0.0437. The lowest BCUT2D eigenvalue weighted by atomic mass is 10.2. The third-order valence-electron chi connectivity index (χ3n) is 3.61. The van der Waals surface area contributed by atoms with Gasteiger partial charge in [0, 0.05) is 19.0 Å². The molecule has 0 aliphatic heterocycles. The van der Waals surface area contributed by atoms with Crippen LogP contribution in [0.15, 0.2) is 47.2 Å². The molecule has 2 heterocycles. The highest BCUT2D eigenvalue weighted by molar-refractivity contribution is 7.20. The van der Waals surface area contributed by atoms with E-state index in [4.69, 9.17) is 0 Å². The van der Waals surface area contributed by atoms with E-state index < -0.39 is 6.61 Å². The van der Waals surface area contributed by atoms with E-state index in [1.807, 2.05) is 22.9 Å². The van der Waals surface area contributed by atoms with E-state index in [0.717, 1.165) is 21.1 Å². The van der Waals surface area contributed by atoms with Crippen LogP contribution in [0.25, 0.3) is 9.88 Å². The van der Waals surface area contributed by atoms with Gasteiger partial charge in [-0.3, -0.25) is 4.79 Å². The number of halogens is 2. The number of hydrogen-bond acceptors (Lipinski definition) is 5. The summed E-state index contributed by atoms with van der Waals surface area (Å²) in [5.41, 5.74) is 1.58. The Morgan fingerprint density at radius 2 is 2.00 bits per heavy atom. The zero-order valence-electron chi connectivity index (χ0n) is 13.9. The first kappa shape index (κ1) is 18.5. The number of carbonyl (C=O) groups is 1. The number of ether oxygens (including phenoxy) is 1. The molecule has 0 unspecified atom stereocenters. The molecule has 0 saturated carbocycles. The molecule has 1 amide bonds. The normalized spacial score (nSPS) is 10.9. The molecule has 0 fully saturated rings. The van der Waals surface area contributed by atoms with Gasteiger partial charge in [-0.2, -0.15) is 8.78 Å². The summed E-state index contributed by atoms with van der Waals surface area (Å²) < 4.78 is 28.6. The van der Waals surface area contributed by atoms with Crippen molar-refractivity contribution >= 4 is 28.6 Å². The van der Waals surface area contributed by atoms with Gasteiger partial charge in [-0.05, 0) is 29.1 Å². The molecule has 4 nitrogen and oxygen atoms in total. The molecule has 0 aliphatic rings. The minimum Gasteiger partial charge on any atom is -0.435 e. The summed E-state index contributed by atoms with van der Waals surface area (Å²) in [6.45, 7) is -2.46. The number of aromatic nitrogens is 1. The van der Waals surface area contributed by atoms with Crippen LogP contribution < -0.4 is 4.74 Å². The predicted molar refractivity (Wildman–Crippen MR) is 98.7 cm³/mol. The molecule has 136 valence electrons. The monoisotopic (exact) mass is 394 g/mol. The van der Waals surface area contributed by atoms with Crippen LogP contribution >= 0.6 is 22.7 Å². The van der Waals surface area contributed by atoms with Crippen LogP contribution in [0.2, 0.25) is 0 Å². The molecule has 0 saturated heterocycles. The lowest BCUT2D eigenvalue weighted by Crippen LogP contribution is -2.27. The lowest BCUT2D eigenvalue weighted by molar-refractivity contribution is -0.129. The van der Waals surface area contributed by atoms with Crippen LogP contribution in [0, 0.1) is 0 Å². The van der Waals surface area contributed by atoms with E-state index in [1.54, 1.807) is 35.4 Å². The first-order chi connectivity index (χ1) is 12.5. The fourth-order valence-corrected chi connectivity index (χ4v) is 3.96. The van der Waals surface area contributed by atoms with Crippen LogP contribution in [0.3, 0.4) is 0 Å². The Bertz CT molecular complexity index is 848. The number of likely N-dealkylation sites (N-methyl/N-ethyl adjacent to an activating group) is 1. The molecule has 8 heteroatoms. The Morgan fingerprint density at radius 1 is 1.23 bits per heavy atom. The van der Waals surface area contributed by atoms with Gasteiger partial charge in [-0.15, -0.1) is 22.7 Å². The number of thiazole rings is 1. The van der Waals surface area contributed by atoms with Gasteiger partial charge in [0.05, 0.1) is 17.0 Å². The number of amides is 1. The predicted octanol–water partition coefficient (Wildman–Crippen LogP) is 4.67. The molecule has 3 rings (SSSR count). The largest absolute Gasteiger partial charge is 0.435 e. The second-order valence-corrected chi connectivity index (χ2v) is 7.38.